The number of nitrogens with two attached hydrogens (primary N) is 1. The highest BCUT2D eigenvalue weighted by molar-refractivity contribution is 5.03. The van der Waals surface area contributed by atoms with E-state index in [1.807, 2.05) is 0 Å². The second kappa shape index (κ2) is 4.56. The maximum absolute atomic E-state index is 9.88. The van der Waals surface area contributed by atoms with Crippen LogP contribution in [-0.2, 0) is 4.74 Å². The number of aliphatic hydroxyl groups excluding tert-OH is 4. The Kier molecular flexibility index (Phi) is 3.48. The maximum atomic E-state index is 9.88. The molecule has 94 valence electrons. The van der Waals surface area contributed by atoms with Crippen LogP contribution in [0.5, 0.6) is 0 Å². The molecule has 1 saturated heterocycles. The van der Waals surface area contributed by atoms with E-state index in [4.69, 9.17) is 10.5 Å². The first-order valence-corrected chi connectivity index (χ1v) is 5.63. The van der Waals surface area contributed by atoms with Gasteiger partial charge in [-0.05, 0) is 12.8 Å². The molecule has 6 heteroatoms. The van der Waals surface area contributed by atoms with Crippen LogP contribution in [0.15, 0.2) is 0 Å². The van der Waals surface area contributed by atoms with Crippen molar-refractivity contribution in [3.8, 4) is 0 Å². The van der Waals surface area contributed by atoms with Gasteiger partial charge in [0.15, 0.2) is 0 Å². The van der Waals surface area contributed by atoms with E-state index in [1.165, 1.54) is 0 Å². The molecule has 0 amide bonds. The summed E-state index contributed by atoms with van der Waals surface area (Å²) >= 11 is 0. The van der Waals surface area contributed by atoms with Crippen LogP contribution in [0.2, 0.25) is 0 Å². The second-order valence-corrected chi connectivity index (χ2v) is 4.67. The molecule has 1 heterocycles. The first-order valence-electron chi connectivity index (χ1n) is 5.63. The lowest BCUT2D eigenvalue weighted by molar-refractivity contribution is -0.183. The first-order chi connectivity index (χ1) is 7.54. The number of aliphatic hydroxyl groups is 4. The van der Waals surface area contributed by atoms with Crippen molar-refractivity contribution in [2.75, 3.05) is 6.61 Å². The normalized spacial score (nSPS) is 54.2. The molecule has 2 aliphatic rings. The number of ether oxygens (including phenoxy) is 1. The molecule has 1 saturated carbocycles. The maximum Gasteiger partial charge on any atom is 0.110 e. The summed E-state index contributed by atoms with van der Waals surface area (Å²) in [7, 11) is 0. The van der Waals surface area contributed by atoms with Gasteiger partial charge in [0.1, 0.15) is 12.2 Å². The largest absolute Gasteiger partial charge is 0.390 e. The Morgan fingerprint density at radius 2 is 1.56 bits per heavy atom. The fourth-order valence-electron chi connectivity index (χ4n) is 2.69. The fourth-order valence-corrected chi connectivity index (χ4v) is 2.69. The van der Waals surface area contributed by atoms with E-state index in [0.717, 1.165) is 12.8 Å². The van der Waals surface area contributed by atoms with Crippen molar-refractivity contribution in [3.63, 3.8) is 0 Å². The van der Waals surface area contributed by atoms with Crippen LogP contribution in [0.25, 0.3) is 0 Å². The molecule has 7 atom stereocenters. The third kappa shape index (κ3) is 1.85. The van der Waals surface area contributed by atoms with E-state index < -0.39 is 36.4 Å². The van der Waals surface area contributed by atoms with Crippen molar-refractivity contribution >= 4 is 0 Å². The lowest BCUT2D eigenvalue weighted by Crippen LogP contribution is -2.66. The highest BCUT2D eigenvalue weighted by atomic mass is 16.5. The standard InChI is InChI=1S/C10H19NO5/c11-6-5(4-2-1-3-16-4)7(12)9(14)10(15)8(6)13/h4-10,12-15H,1-3,11H2/t4?,5-,6-,7-,8+,9-,10+/m0/s1. The highest BCUT2D eigenvalue weighted by Crippen LogP contribution is 2.33. The average Bonchev–Trinajstić information content (AvgIpc) is 2.77. The van der Waals surface area contributed by atoms with Crippen molar-refractivity contribution in [1.82, 2.24) is 0 Å². The smallest absolute Gasteiger partial charge is 0.110 e. The minimum Gasteiger partial charge on any atom is -0.390 e. The molecule has 1 aliphatic heterocycles. The topological polar surface area (TPSA) is 116 Å². The minimum absolute atomic E-state index is 0.248. The zero-order chi connectivity index (χ0) is 11.9. The van der Waals surface area contributed by atoms with Crippen molar-refractivity contribution < 1.29 is 25.2 Å². The molecule has 0 spiro atoms. The highest BCUT2D eigenvalue weighted by Gasteiger charge is 2.50. The van der Waals surface area contributed by atoms with Crippen LogP contribution >= 0.6 is 0 Å². The van der Waals surface area contributed by atoms with E-state index in [0.29, 0.717) is 6.61 Å². The predicted octanol–water partition coefficient (Wildman–Crippen LogP) is -2.43. The molecule has 2 fully saturated rings. The molecule has 6 nitrogen and oxygen atoms in total. The number of rotatable bonds is 1. The number of hydrogen-bond donors (Lipinski definition) is 5. The second-order valence-electron chi connectivity index (χ2n) is 4.67. The van der Waals surface area contributed by atoms with E-state index in [9.17, 15) is 20.4 Å². The van der Waals surface area contributed by atoms with Gasteiger partial charge in [-0.2, -0.15) is 0 Å². The summed E-state index contributed by atoms with van der Waals surface area (Å²) in [5, 5.41) is 38.6. The van der Waals surface area contributed by atoms with Gasteiger partial charge in [-0.3, -0.25) is 0 Å². The van der Waals surface area contributed by atoms with Crippen molar-refractivity contribution in [3.05, 3.63) is 0 Å². The van der Waals surface area contributed by atoms with Crippen LogP contribution in [0, 0.1) is 5.92 Å². The molecule has 0 bridgehead atoms. The molecule has 16 heavy (non-hydrogen) atoms. The van der Waals surface area contributed by atoms with Crippen LogP contribution in [0.1, 0.15) is 12.8 Å². The third-order valence-corrected chi connectivity index (χ3v) is 3.68. The average molecular weight is 233 g/mol. The van der Waals surface area contributed by atoms with Crippen LogP contribution in [0.3, 0.4) is 0 Å². The molecule has 2 rings (SSSR count). The summed E-state index contributed by atoms with van der Waals surface area (Å²) in [5.74, 6) is -0.532. The summed E-state index contributed by atoms with van der Waals surface area (Å²) < 4.78 is 5.42. The fraction of sp³-hybridized carbons (Fsp3) is 1.00. The Balaban J connectivity index is 2.15. The summed E-state index contributed by atoms with van der Waals surface area (Å²) in [5.41, 5.74) is 5.78. The Morgan fingerprint density at radius 3 is 2.12 bits per heavy atom. The summed E-state index contributed by atoms with van der Waals surface area (Å²) in [6, 6.07) is -0.781. The minimum atomic E-state index is -1.40. The van der Waals surface area contributed by atoms with Gasteiger partial charge in [0.05, 0.1) is 18.3 Å². The van der Waals surface area contributed by atoms with E-state index in [1.54, 1.807) is 0 Å². The van der Waals surface area contributed by atoms with Gasteiger partial charge < -0.3 is 30.9 Å². The monoisotopic (exact) mass is 233 g/mol. The molecule has 1 unspecified atom stereocenters. The lowest BCUT2D eigenvalue weighted by Gasteiger charge is -2.44. The predicted molar refractivity (Wildman–Crippen MR) is 54.5 cm³/mol. The number of hydrogen-bond acceptors (Lipinski definition) is 6. The molecule has 0 aromatic rings. The molecule has 0 radical (unpaired) electrons. The summed E-state index contributed by atoms with van der Waals surface area (Å²) in [6.45, 7) is 0.606. The van der Waals surface area contributed by atoms with E-state index in [-0.39, 0.29) is 6.10 Å². The van der Waals surface area contributed by atoms with Crippen molar-refractivity contribution in [1.29, 1.82) is 0 Å². The lowest BCUT2D eigenvalue weighted by atomic mass is 9.74. The van der Waals surface area contributed by atoms with Gasteiger partial charge in [0.2, 0.25) is 0 Å². The zero-order valence-corrected chi connectivity index (χ0v) is 8.94. The quantitative estimate of drug-likeness (QED) is 0.344. The Bertz CT molecular complexity index is 229. The summed E-state index contributed by atoms with van der Waals surface area (Å²) in [4.78, 5) is 0. The van der Waals surface area contributed by atoms with Gasteiger partial charge in [-0.1, -0.05) is 0 Å². The Hall–Kier alpha value is -0.240. The summed E-state index contributed by atoms with van der Waals surface area (Å²) in [6.07, 6.45) is -3.77. The van der Waals surface area contributed by atoms with E-state index in [2.05, 4.69) is 0 Å². The van der Waals surface area contributed by atoms with Gasteiger partial charge in [0, 0.05) is 18.6 Å². The van der Waals surface area contributed by atoms with Gasteiger partial charge >= 0.3 is 0 Å². The molecule has 0 aromatic carbocycles. The van der Waals surface area contributed by atoms with Crippen LogP contribution < -0.4 is 5.73 Å². The van der Waals surface area contributed by atoms with Gasteiger partial charge in [-0.25, -0.2) is 0 Å². The molecule has 0 aromatic heterocycles. The van der Waals surface area contributed by atoms with Gasteiger partial charge in [0.25, 0.3) is 0 Å². The Morgan fingerprint density at radius 1 is 0.938 bits per heavy atom. The molecule has 1 aliphatic carbocycles. The Labute approximate surface area is 93.6 Å². The molecule has 6 N–H and O–H groups in total. The van der Waals surface area contributed by atoms with E-state index >= 15 is 0 Å². The van der Waals surface area contributed by atoms with Crippen LogP contribution in [-0.4, -0.2) is 63.6 Å². The van der Waals surface area contributed by atoms with Gasteiger partial charge in [-0.15, -0.1) is 0 Å². The molecular formula is C10H19NO5. The molecular weight excluding hydrogens is 214 g/mol. The SMILES string of the molecule is N[C@@H]1[C@@H](O)[C@@H](O)[C@@H](O)[C@@H](O)[C@H]1C1CCCO1. The first kappa shape index (κ1) is 12.2. The van der Waals surface area contributed by atoms with Crippen molar-refractivity contribution in [2.24, 2.45) is 11.7 Å². The van der Waals surface area contributed by atoms with Crippen molar-refractivity contribution in [2.45, 2.75) is 49.4 Å². The van der Waals surface area contributed by atoms with Crippen LogP contribution in [0.4, 0.5) is 0 Å². The zero-order valence-electron chi connectivity index (χ0n) is 8.94. The third-order valence-electron chi connectivity index (χ3n) is 3.68.